The number of H-pyrrole nitrogens is 1. The molecule has 18 heavy (non-hydrogen) atoms. The van der Waals surface area contributed by atoms with Crippen LogP contribution in [0.25, 0.3) is 0 Å². The van der Waals surface area contributed by atoms with E-state index in [1.807, 2.05) is 24.3 Å². The second-order valence-corrected chi connectivity index (χ2v) is 4.90. The molecule has 0 bridgehead atoms. The molecule has 1 aromatic carbocycles. The summed E-state index contributed by atoms with van der Waals surface area (Å²) in [7, 11) is 1.44. The molecule has 6 heteroatoms. The van der Waals surface area contributed by atoms with E-state index in [2.05, 4.69) is 9.97 Å². The van der Waals surface area contributed by atoms with Crippen LogP contribution in [0.4, 0.5) is 0 Å². The normalized spacial score (nSPS) is 10.3. The Morgan fingerprint density at radius 1 is 1.39 bits per heavy atom. The average molecular weight is 283 g/mol. The van der Waals surface area contributed by atoms with Crippen molar-refractivity contribution in [1.29, 1.82) is 0 Å². The molecule has 4 nitrogen and oxygen atoms in total. The summed E-state index contributed by atoms with van der Waals surface area (Å²) in [5.74, 6) is 0.928. The molecule has 1 N–H and O–H groups in total. The minimum absolute atomic E-state index is 0.214. The van der Waals surface area contributed by atoms with Crippen LogP contribution in [0.15, 0.2) is 40.4 Å². The Balaban J connectivity index is 2.04. The van der Waals surface area contributed by atoms with E-state index in [-0.39, 0.29) is 11.3 Å². The maximum atomic E-state index is 11.5. The largest absolute Gasteiger partial charge is 0.490 e. The molecular weight excluding hydrogens is 272 g/mol. The molecule has 2 aromatic rings. The maximum Gasteiger partial charge on any atom is 0.293 e. The Bertz CT molecular complexity index is 583. The second kappa shape index (κ2) is 5.93. The van der Waals surface area contributed by atoms with Gasteiger partial charge in [0.25, 0.3) is 5.56 Å². The van der Waals surface area contributed by atoms with Crippen LogP contribution in [-0.2, 0) is 5.75 Å². The second-order valence-electron chi connectivity index (χ2n) is 3.50. The van der Waals surface area contributed by atoms with Crippen molar-refractivity contribution in [3.05, 3.63) is 51.4 Å². The number of rotatable bonds is 4. The number of hydrogen-bond donors (Lipinski definition) is 1. The third-order valence-corrected chi connectivity index (χ3v) is 3.46. The molecule has 0 atom stereocenters. The van der Waals surface area contributed by atoms with E-state index < -0.39 is 0 Å². The number of ether oxygens (including phenoxy) is 1. The smallest absolute Gasteiger partial charge is 0.293 e. The van der Waals surface area contributed by atoms with Crippen molar-refractivity contribution in [2.75, 3.05) is 7.11 Å². The first-order valence-corrected chi connectivity index (χ1v) is 6.56. The van der Waals surface area contributed by atoms with Crippen molar-refractivity contribution < 1.29 is 4.74 Å². The molecule has 0 fully saturated rings. The highest BCUT2D eigenvalue weighted by molar-refractivity contribution is 7.98. The zero-order valence-corrected chi connectivity index (χ0v) is 11.2. The summed E-state index contributed by atoms with van der Waals surface area (Å²) in [5.41, 5.74) is 0.842. The van der Waals surface area contributed by atoms with Crippen molar-refractivity contribution in [1.82, 2.24) is 9.97 Å². The quantitative estimate of drug-likeness (QED) is 0.692. The third kappa shape index (κ3) is 3.27. The number of methoxy groups -OCH3 is 1. The summed E-state index contributed by atoms with van der Waals surface area (Å²) < 4.78 is 4.85. The molecule has 1 heterocycles. The summed E-state index contributed by atoms with van der Waals surface area (Å²) >= 11 is 7.25. The van der Waals surface area contributed by atoms with E-state index in [0.717, 1.165) is 5.56 Å². The minimum Gasteiger partial charge on any atom is -0.490 e. The lowest BCUT2D eigenvalue weighted by atomic mass is 10.2. The van der Waals surface area contributed by atoms with Gasteiger partial charge in [-0.15, -0.1) is 0 Å². The molecule has 94 valence electrons. The number of benzene rings is 1. The van der Waals surface area contributed by atoms with Crippen LogP contribution in [0.5, 0.6) is 5.75 Å². The number of halogens is 1. The first-order valence-electron chi connectivity index (χ1n) is 5.19. The Labute approximate surface area is 113 Å². The predicted octanol–water partition coefficient (Wildman–Crippen LogP) is 2.72. The standard InChI is InChI=1S/C12H11ClN2O2S/c1-17-10-6-14-12(15-11(10)16)18-7-8-2-4-9(13)5-3-8/h2-6H,7H2,1H3,(H,14,15,16). The maximum absolute atomic E-state index is 11.5. The summed E-state index contributed by atoms with van der Waals surface area (Å²) in [6, 6.07) is 7.55. The van der Waals surface area contributed by atoms with Gasteiger partial charge in [0.05, 0.1) is 13.3 Å². The summed E-state index contributed by atoms with van der Waals surface area (Å²) in [6.07, 6.45) is 1.42. The van der Waals surface area contributed by atoms with E-state index in [1.54, 1.807) is 0 Å². The number of nitrogens with zero attached hydrogens (tertiary/aromatic N) is 1. The van der Waals surface area contributed by atoms with Crippen LogP contribution >= 0.6 is 23.4 Å². The summed E-state index contributed by atoms with van der Waals surface area (Å²) in [6.45, 7) is 0. The molecule has 0 radical (unpaired) electrons. The highest BCUT2D eigenvalue weighted by Gasteiger charge is 2.03. The Kier molecular flexibility index (Phi) is 4.28. The van der Waals surface area contributed by atoms with Gasteiger partial charge in [0.15, 0.2) is 5.16 Å². The molecule has 0 aliphatic carbocycles. The lowest BCUT2D eigenvalue weighted by Crippen LogP contribution is -2.10. The molecular formula is C12H11ClN2O2S. The molecule has 0 aliphatic rings. The van der Waals surface area contributed by atoms with E-state index in [0.29, 0.717) is 15.9 Å². The van der Waals surface area contributed by atoms with Crippen molar-refractivity contribution in [2.45, 2.75) is 10.9 Å². The van der Waals surface area contributed by atoms with Gasteiger partial charge in [0.2, 0.25) is 5.75 Å². The fourth-order valence-electron chi connectivity index (χ4n) is 1.32. The van der Waals surface area contributed by atoms with Crippen LogP contribution in [-0.4, -0.2) is 17.1 Å². The topological polar surface area (TPSA) is 55.0 Å². The fraction of sp³-hybridized carbons (Fsp3) is 0.167. The molecule has 0 saturated heterocycles. The predicted molar refractivity (Wildman–Crippen MR) is 72.4 cm³/mol. The van der Waals surface area contributed by atoms with E-state index in [9.17, 15) is 4.79 Å². The van der Waals surface area contributed by atoms with Gasteiger partial charge in [-0.2, -0.15) is 0 Å². The number of aromatic nitrogens is 2. The van der Waals surface area contributed by atoms with Gasteiger partial charge in [0, 0.05) is 10.8 Å². The summed E-state index contributed by atoms with van der Waals surface area (Å²) in [5, 5.41) is 1.27. The van der Waals surface area contributed by atoms with E-state index >= 15 is 0 Å². The van der Waals surface area contributed by atoms with Gasteiger partial charge in [-0.3, -0.25) is 9.78 Å². The van der Waals surface area contributed by atoms with Crippen molar-refractivity contribution in [3.63, 3.8) is 0 Å². The number of nitrogens with one attached hydrogen (secondary N) is 1. The van der Waals surface area contributed by atoms with Gasteiger partial charge < -0.3 is 4.74 Å². The molecule has 0 aliphatic heterocycles. The Morgan fingerprint density at radius 3 is 2.72 bits per heavy atom. The minimum atomic E-state index is -0.272. The average Bonchev–Trinajstić information content (AvgIpc) is 2.38. The SMILES string of the molecule is COc1cnc(SCc2ccc(Cl)cc2)[nH]c1=O. The highest BCUT2D eigenvalue weighted by Crippen LogP contribution is 2.19. The van der Waals surface area contributed by atoms with Gasteiger partial charge in [-0.1, -0.05) is 35.5 Å². The van der Waals surface area contributed by atoms with Crippen LogP contribution in [0.2, 0.25) is 5.02 Å². The Morgan fingerprint density at radius 2 is 2.11 bits per heavy atom. The zero-order chi connectivity index (χ0) is 13.0. The lowest BCUT2D eigenvalue weighted by Gasteiger charge is -2.02. The molecule has 0 unspecified atom stereocenters. The van der Waals surface area contributed by atoms with Crippen molar-refractivity contribution in [3.8, 4) is 5.75 Å². The summed E-state index contributed by atoms with van der Waals surface area (Å²) in [4.78, 5) is 18.2. The van der Waals surface area contributed by atoms with Crippen molar-refractivity contribution in [2.24, 2.45) is 0 Å². The fourth-order valence-corrected chi connectivity index (χ4v) is 2.23. The van der Waals surface area contributed by atoms with Crippen LogP contribution < -0.4 is 10.3 Å². The van der Waals surface area contributed by atoms with Crippen LogP contribution in [0, 0.1) is 0 Å². The van der Waals surface area contributed by atoms with Crippen LogP contribution in [0.1, 0.15) is 5.56 Å². The highest BCUT2D eigenvalue weighted by atomic mass is 35.5. The monoisotopic (exact) mass is 282 g/mol. The molecule has 2 rings (SSSR count). The zero-order valence-electron chi connectivity index (χ0n) is 9.64. The third-order valence-electron chi connectivity index (χ3n) is 2.25. The van der Waals surface area contributed by atoms with Gasteiger partial charge in [0.1, 0.15) is 0 Å². The van der Waals surface area contributed by atoms with Gasteiger partial charge in [-0.25, -0.2) is 4.98 Å². The first-order chi connectivity index (χ1) is 8.69. The van der Waals surface area contributed by atoms with Gasteiger partial charge >= 0.3 is 0 Å². The molecule has 0 spiro atoms. The van der Waals surface area contributed by atoms with Gasteiger partial charge in [-0.05, 0) is 17.7 Å². The van der Waals surface area contributed by atoms with E-state index in [4.69, 9.17) is 16.3 Å². The number of hydrogen-bond acceptors (Lipinski definition) is 4. The molecule has 0 amide bonds. The number of thioether (sulfide) groups is 1. The Hall–Kier alpha value is -1.46. The van der Waals surface area contributed by atoms with E-state index in [1.165, 1.54) is 25.1 Å². The van der Waals surface area contributed by atoms with Crippen molar-refractivity contribution >= 4 is 23.4 Å². The lowest BCUT2D eigenvalue weighted by molar-refractivity contribution is 0.404. The molecule has 0 saturated carbocycles. The molecule has 1 aromatic heterocycles. The number of aromatic amines is 1. The first kappa shape index (κ1) is 13.0. The van der Waals surface area contributed by atoms with Crippen LogP contribution in [0.3, 0.4) is 0 Å².